The van der Waals surface area contributed by atoms with Crippen LogP contribution in [-0.4, -0.2) is 45.7 Å². The average molecular weight is 420 g/mol. The largest absolute Gasteiger partial charge is 0.463 e. The number of nitrogens with zero attached hydrogens (tertiary/aromatic N) is 3. The van der Waals surface area contributed by atoms with Gasteiger partial charge in [-0.1, -0.05) is 35.0 Å². The maximum atomic E-state index is 12.8. The maximum absolute atomic E-state index is 12.8. The molecule has 0 fully saturated rings. The molecule has 1 aromatic carbocycles. The molecular weight excluding hydrogens is 396 g/mol. The number of esters is 1. The van der Waals surface area contributed by atoms with E-state index in [4.69, 9.17) is 9.57 Å². The zero-order valence-electron chi connectivity index (χ0n) is 17.5. The Hall–Kier alpha value is -3.68. The van der Waals surface area contributed by atoms with Crippen LogP contribution in [0.25, 0.3) is 5.65 Å². The monoisotopic (exact) mass is 420 g/mol. The standard InChI is InChI=1S/C23H24N4O4/c1-3-30-22(29)23(13-17-7-4-6-16(2)12-17)14-18(26-31-23)15-25-21(28)19-8-5-10-27-11-9-24-20(19)27/h4-12H,3,13-15H2,1-2H3,(H,25,28). The summed E-state index contributed by atoms with van der Waals surface area (Å²) in [5.41, 5.74) is 2.43. The first-order chi connectivity index (χ1) is 15.0. The van der Waals surface area contributed by atoms with Crippen LogP contribution >= 0.6 is 0 Å². The highest BCUT2D eigenvalue weighted by molar-refractivity contribution is 6.03. The molecule has 0 radical (unpaired) electrons. The summed E-state index contributed by atoms with van der Waals surface area (Å²) in [6.45, 7) is 4.16. The summed E-state index contributed by atoms with van der Waals surface area (Å²) in [6.07, 6.45) is 5.82. The summed E-state index contributed by atoms with van der Waals surface area (Å²) in [6, 6.07) is 11.4. The Morgan fingerprint density at radius 2 is 2.13 bits per heavy atom. The van der Waals surface area contributed by atoms with Crippen LogP contribution in [0, 0.1) is 6.92 Å². The molecule has 0 spiro atoms. The lowest BCUT2D eigenvalue weighted by atomic mass is 9.89. The lowest BCUT2D eigenvalue weighted by Crippen LogP contribution is -2.43. The molecule has 160 valence electrons. The number of benzene rings is 1. The number of amides is 1. The minimum Gasteiger partial charge on any atom is -0.463 e. The molecule has 0 aliphatic carbocycles. The molecule has 4 rings (SSSR count). The fourth-order valence-electron chi connectivity index (χ4n) is 3.73. The van der Waals surface area contributed by atoms with Crippen molar-refractivity contribution in [2.75, 3.05) is 13.2 Å². The van der Waals surface area contributed by atoms with Gasteiger partial charge >= 0.3 is 5.97 Å². The van der Waals surface area contributed by atoms with Gasteiger partial charge in [0, 0.05) is 31.4 Å². The number of hydrogen-bond acceptors (Lipinski definition) is 6. The van der Waals surface area contributed by atoms with Crippen molar-refractivity contribution < 1.29 is 19.2 Å². The molecule has 8 heteroatoms. The van der Waals surface area contributed by atoms with E-state index in [1.807, 2.05) is 37.4 Å². The number of aryl methyl sites for hydroxylation is 1. The number of ether oxygens (including phenoxy) is 1. The van der Waals surface area contributed by atoms with E-state index in [0.717, 1.165) is 11.1 Å². The molecule has 1 atom stereocenters. The second-order valence-corrected chi connectivity index (χ2v) is 7.57. The number of carbonyl (C=O) groups excluding carboxylic acids is 2. The highest BCUT2D eigenvalue weighted by Crippen LogP contribution is 2.30. The molecule has 1 amide bonds. The molecule has 1 aliphatic rings. The molecule has 1 aliphatic heterocycles. The number of fused-ring (bicyclic) bond motifs is 1. The summed E-state index contributed by atoms with van der Waals surface area (Å²) >= 11 is 0. The topological polar surface area (TPSA) is 94.3 Å². The van der Waals surface area contributed by atoms with E-state index in [1.165, 1.54) is 0 Å². The van der Waals surface area contributed by atoms with Crippen LogP contribution in [0.4, 0.5) is 0 Å². The van der Waals surface area contributed by atoms with Crippen molar-refractivity contribution in [2.45, 2.75) is 32.3 Å². The van der Waals surface area contributed by atoms with Gasteiger partial charge < -0.3 is 19.3 Å². The summed E-state index contributed by atoms with van der Waals surface area (Å²) < 4.78 is 7.06. The van der Waals surface area contributed by atoms with Crippen LogP contribution in [0.1, 0.15) is 34.8 Å². The highest BCUT2D eigenvalue weighted by atomic mass is 16.7. The zero-order valence-corrected chi connectivity index (χ0v) is 17.5. The molecule has 3 aromatic rings. The van der Waals surface area contributed by atoms with Gasteiger partial charge in [0.1, 0.15) is 5.65 Å². The smallest absolute Gasteiger partial charge is 0.354 e. The third-order valence-electron chi connectivity index (χ3n) is 5.18. The molecular formula is C23H24N4O4. The quantitative estimate of drug-likeness (QED) is 0.593. The third kappa shape index (κ3) is 4.28. The lowest BCUT2D eigenvalue weighted by molar-refractivity contribution is -0.168. The van der Waals surface area contributed by atoms with Crippen molar-refractivity contribution in [1.82, 2.24) is 14.7 Å². The van der Waals surface area contributed by atoms with Gasteiger partial charge in [-0.3, -0.25) is 4.79 Å². The molecule has 31 heavy (non-hydrogen) atoms. The van der Waals surface area contributed by atoms with Gasteiger partial charge in [0.05, 0.1) is 24.4 Å². The SMILES string of the molecule is CCOC(=O)C1(Cc2cccc(C)c2)CC(CNC(=O)c2cccn3ccnc23)=NO1. The molecule has 2 aromatic heterocycles. The van der Waals surface area contributed by atoms with E-state index in [-0.39, 0.29) is 25.5 Å². The summed E-state index contributed by atoms with van der Waals surface area (Å²) in [5, 5.41) is 6.96. The number of imidazole rings is 1. The zero-order chi connectivity index (χ0) is 21.8. The molecule has 0 saturated heterocycles. The van der Waals surface area contributed by atoms with Gasteiger partial charge in [0.15, 0.2) is 0 Å². The van der Waals surface area contributed by atoms with E-state index in [1.54, 1.807) is 35.9 Å². The van der Waals surface area contributed by atoms with Crippen LogP contribution in [0.15, 0.2) is 60.1 Å². The Labute approximate surface area is 179 Å². The first kappa shape index (κ1) is 20.6. The fourth-order valence-corrected chi connectivity index (χ4v) is 3.73. The lowest BCUT2D eigenvalue weighted by Gasteiger charge is -2.24. The van der Waals surface area contributed by atoms with Crippen molar-refractivity contribution in [2.24, 2.45) is 5.16 Å². The predicted octanol–water partition coefficient (Wildman–Crippen LogP) is 2.69. The molecule has 1 unspecified atom stereocenters. The van der Waals surface area contributed by atoms with Gasteiger partial charge in [0.2, 0.25) is 5.60 Å². The fraction of sp³-hybridized carbons (Fsp3) is 0.304. The van der Waals surface area contributed by atoms with Crippen LogP contribution in [0.3, 0.4) is 0 Å². The number of hydrogen-bond donors (Lipinski definition) is 1. The minimum absolute atomic E-state index is 0.162. The molecule has 1 N–H and O–H groups in total. The predicted molar refractivity (Wildman–Crippen MR) is 115 cm³/mol. The average Bonchev–Trinajstić information content (AvgIpc) is 3.40. The second kappa shape index (κ2) is 8.59. The number of oxime groups is 1. The number of rotatable bonds is 7. The first-order valence-electron chi connectivity index (χ1n) is 10.2. The second-order valence-electron chi connectivity index (χ2n) is 7.57. The van der Waals surface area contributed by atoms with Gasteiger partial charge in [-0.2, -0.15) is 0 Å². The van der Waals surface area contributed by atoms with Gasteiger partial charge in [-0.15, -0.1) is 0 Å². The normalized spacial score (nSPS) is 17.8. The Bertz CT molecular complexity index is 1150. The molecule has 3 heterocycles. The number of pyridine rings is 1. The van der Waals surface area contributed by atoms with E-state index >= 15 is 0 Å². The van der Waals surface area contributed by atoms with Crippen molar-refractivity contribution >= 4 is 23.2 Å². The van der Waals surface area contributed by atoms with E-state index < -0.39 is 11.6 Å². The Kier molecular flexibility index (Phi) is 5.70. The van der Waals surface area contributed by atoms with Crippen LogP contribution in [0.5, 0.6) is 0 Å². The van der Waals surface area contributed by atoms with Crippen molar-refractivity contribution in [3.8, 4) is 0 Å². The van der Waals surface area contributed by atoms with Crippen LogP contribution in [0.2, 0.25) is 0 Å². The van der Waals surface area contributed by atoms with Crippen LogP contribution in [-0.2, 0) is 20.8 Å². The first-order valence-corrected chi connectivity index (χ1v) is 10.2. The Balaban J connectivity index is 1.46. The molecule has 8 nitrogen and oxygen atoms in total. The summed E-state index contributed by atoms with van der Waals surface area (Å²) in [7, 11) is 0. The number of aromatic nitrogens is 2. The molecule has 0 saturated carbocycles. The number of nitrogens with one attached hydrogen (secondary N) is 1. The Morgan fingerprint density at radius 1 is 1.26 bits per heavy atom. The Morgan fingerprint density at radius 3 is 2.94 bits per heavy atom. The highest BCUT2D eigenvalue weighted by Gasteiger charge is 2.48. The summed E-state index contributed by atoms with van der Waals surface area (Å²) in [4.78, 5) is 35.3. The van der Waals surface area contributed by atoms with Gasteiger partial charge in [-0.05, 0) is 31.5 Å². The summed E-state index contributed by atoms with van der Waals surface area (Å²) in [5.74, 6) is -0.726. The number of carbonyl (C=O) groups is 2. The van der Waals surface area contributed by atoms with Crippen molar-refractivity contribution in [3.05, 3.63) is 71.7 Å². The van der Waals surface area contributed by atoms with Gasteiger partial charge in [-0.25, -0.2) is 9.78 Å². The van der Waals surface area contributed by atoms with Crippen LogP contribution < -0.4 is 5.32 Å². The third-order valence-corrected chi connectivity index (χ3v) is 5.18. The maximum Gasteiger partial charge on any atom is 0.354 e. The van der Waals surface area contributed by atoms with E-state index in [2.05, 4.69) is 15.5 Å². The van der Waals surface area contributed by atoms with Crippen molar-refractivity contribution in [1.29, 1.82) is 0 Å². The van der Waals surface area contributed by atoms with Crippen molar-refractivity contribution in [3.63, 3.8) is 0 Å². The van der Waals surface area contributed by atoms with E-state index in [0.29, 0.717) is 23.3 Å². The minimum atomic E-state index is -1.23. The molecule has 0 bridgehead atoms. The van der Waals surface area contributed by atoms with Gasteiger partial charge in [0.25, 0.3) is 5.91 Å². The van der Waals surface area contributed by atoms with E-state index in [9.17, 15) is 9.59 Å².